The molecule has 1 N–H and O–H groups in total. The first-order valence-electron chi connectivity index (χ1n) is 9.13. The van der Waals surface area contributed by atoms with Gasteiger partial charge in [-0.15, -0.1) is 0 Å². The summed E-state index contributed by atoms with van der Waals surface area (Å²) in [5.41, 5.74) is 2.37. The van der Waals surface area contributed by atoms with Gasteiger partial charge in [-0.05, 0) is 63.4 Å². The van der Waals surface area contributed by atoms with Crippen LogP contribution in [-0.4, -0.2) is 25.0 Å². The zero-order valence-corrected chi connectivity index (χ0v) is 16.5. The van der Waals surface area contributed by atoms with Crippen LogP contribution in [-0.2, 0) is 16.0 Å². The molecule has 142 valence electrons. The van der Waals surface area contributed by atoms with Crippen LogP contribution in [0.4, 0.5) is 11.4 Å². The first-order chi connectivity index (χ1) is 12.8. The van der Waals surface area contributed by atoms with Crippen molar-refractivity contribution >= 4 is 23.2 Å². The van der Waals surface area contributed by atoms with Gasteiger partial charge in [-0.1, -0.05) is 24.3 Å². The lowest BCUT2D eigenvalue weighted by Crippen LogP contribution is -2.49. The molecule has 1 aliphatic heterocycles. The highest BCUT2D eigenvalue weighted by Crippen LogP contribution is 2.36. The van der Waals surface area contributed by atoms with Gasteiger partial charge in [0.1, 0.15) is 11.2 Å². The average molecular weight is 366 g/mol. The van der Waals surface area contributed by atoms with Gasteiger partial charge >= 0.3 is 0 Å². The fourth-order valence-corrected chi connectivity index (χ4v) is 3.47. The maximum Gasteiger partial charge on any atom is 0.242 e. The molecule has 0 aromatic heterocycles. The van der Waals surface area contributed by atoms with E-state index in [1.807, 2.05) is 50.2 Å². The second-order valence-corrected chi connectivity index (χ2v) is 7.64. The number of benzene rings is 2. The van der Waals surface area contributed by atoms with Gasteiger partial charge in [-0.3, -0.25) is 9.59 Å². The van der Waals surface area contributed by atoms with Crippen molar-refractivity contribution in [2.24, 2.45) is 5.41 Å². The third-order valence-corrected chi connectivity index (χ3v) is 5.13. The van der Waals surface area contributed by atoms with Crippen LogP contribution in [0.3, 0.4) is 0 Å². The monoisotopic (exact) mass is 366 g/mol. The van der Waals surface area contributed by atoms with Crippen molar-refractivity contribution in [2.75, 3.05) is 17.3 Å². The predicted molar refractivity (Wildman–Crippen MR) is 107 cm³/mol. The Morgan fingerprint density at radius 3 is 2.59 bits per heavy atom. The fourth-order valence-electron chi connectivity index (χ4n) is 3.47. The Kier molecular flexibility index (Phi) is 4.96. The number of rotatable bonds is 4. The maximum absolute atomic E-state index is 13.3. The lowest BCUT2D eigenvalue weighted by atomic mass is 9.89. The van der Waals surface area contributed by atoms with Crippen molar-refractivity contribution in [3.63, 3.8) is 0 Å². The summed E-state index contributed by atoms with van der Waals surface area (Å²) >= 11 is 0. The molecule has 1 aliphatic rings. The first-order valence-corrected chi connectivity index (χ1v) is 9.13. The predicted octanol–water partition coefficient (Wildman–Crippen LogP) is 3.95. The number of aryl methyl sites for hydroxylation is 1. The molecule has 0 saturated heterocycles. The van der Waals surface area contributed by atoms with Gasteiger partial charge in [0.05, 0.1) is 12.8 Å². The molecule has 0 fully saturated rings. The molecule has 2 aromatic carbocycles. The second kappa shape index (κ2) is 7.06. The SMILES string of the molecule is COc1ccc(C)cc1NC(=O)C(C)(C)C(=O)N1c2ccccc2CC1C. The molecule has 3 rings (SSSR count). The van der Waals surface area contributed by atoms with E-state index in [-0.39, 0.29) is 17.9 Å². The number of fused-ring (bicyclic) bond motifs is 1. The summed E-state index contributed by atoms with van der Waals surface area (Å²) in [6, 6.07) is 13.4. The first kappa shape index (κ1) is 19.0. The zero-order valence-electron chi connectivity index (χ0n) is 16.5. The molecule has 2 amide bonds. The maximum atomic E-state index is 13.3. The number of para-hydroxylation sites is 1. The van der Waals surface area contributed by atoms with Crippen molar-refractivity contribution in [3.05, 3.63) is 53.6 Å². The van der Waals surface area contributed by atoms with E-state index < -0.39 is 5.41 Å². The van der Waals surface area contributed by atoms with Crippen molar-refractivity contribution in [2.45, 2.75) is 40.2 Å². The summed E-state index contributed by atoms with van der Waals surface area (Å²) in [4.78, 5) is 28.1. The van der Waals surface area contributed by atoms with E-state index in [2.05, 4.69) is 5.32 Å². The van der Waals surface area contributed by atoms with E-state index in [9.17, 15) is 9.59 Å². The lowest BCUT2D eigenvalue weighted by molar-refractivity contribution is -0.136. The third-order valence-electron chi connectivity index (χ3n) is 5.13. The molecule has 5 heteroatoms. The number of nitrogens with one attached hydrogen (secondary N) is 1. The summed E-state index contributed by atoms with van der Waals surface area (Å²) < 4.78 is 5.33. The van der Waals surface area contributed by atoms with Crippen molar-refractivity contribution < 1.29 is 14.3 Å². The van der Waals surface area contributed by atoms with Crippen LogP contribution in [0.15, 0.2) is 42.5 Å². The summed E-state index contributed by atoms with van der Waals surface area (Å²) in [5, 5.41) is 2.87. The summed E-state index contributed by atoms with van der Waals surface area (Å²) in [6.45, 7) is 7.28. The highest BCUT2D eigenvalue weighted by atomic mass is 16.5. The minimum atomic E-state index is -1.22. The smallest absolute Gasteiger partial charge is 0.242 e. The van der Waals surface area contributed by atoms with Crippen molar-refractivity contribution in [1.82, 2.24) is 0 Å². The largest absolute Gasteiger partial charge is 0.495 e. The topological polar surface area (TPSA) is 58.6 Å². The Morgan fingerprint density at radius 1 is 1.19 bits per heavy atom. The third kappa shape index (κ3) is 3.42. The fraction of sp³-hybridized carbons (Fsp3) is 0.364. The minimum absolute atomic E-state index is 0.0236. The molecule has 0 aliphatic carbocycles. The van der Waals surface area contributed by atoms with Gasteiger partial charge in [0.2, 0.25) is 11.8 Å². The number of carbonyl (C=O) groups excluding carboxylic acids is 2. The molecule has 1 heterocycles. The van der Waals surface area contributed by atoms with Crippen LogP contribution in [0.25, 0.3) is 0 Å². The van der Waals surface area contributed by atoms with E-state index in [1.165, 1.54) is 0 Å². The van der Waals surface area contributed by atoms with Crippen LogP contribution >= 0.6 is 0 Å². The number of carbonyl (C=O) groups is 2. The molecule has 1 atom stereocenters. The number of methoxy groups -OCH3 is 1. The number of amides is 2. The van der Waals surface area contributed by atoms with Gasteiger partial charge < -0.3 is 15.0 Å². The molecule has 0 radical (unpaired) electrons. The molecular formula is C22H26N2O3. The van der Waals surface area contributed by atoms with Gasteiger partial charge in [0.15, 0.2) is 0 Å². The Morgan fingerprint density at radius 2 is 1.89 bits per heavy atom. The quantitative estimate of drug-likeness (QED) is 0.834. The highest BCUT2D eigenvalue weighted by molar-refractivity contribution is 6.15. The van der Waals surface area contributed by atoms with Crippen molar-refractivity contribution in [1.29, 1.82) is 0 Å². The van der Waals surface area contributed by atoms with E-state index in [0.29, 0.717) is 11.4 Å². The normalized spacial score (nSPS) is 16.0. The number of anilines is 2. The molecule has 0 bridgehead atoms. The van der Waals surface area contributed by atoms with Gasteiger partial charge in [-0.25, -0.2) is 0 Å². The van der Waals surface area contributed by atoms with E-state index >= 15 is 0 Å². The molecule has 2 aromatic rings. The van der Waals surface area contributed by atoms with Crippen LogP contribution in [0.5, 0.6) is 5.75 Å². The van der Waals surface area contributed by atoms with Crippen LogP contribution in [0, 0.1) is 12.3 Å². The Labute approximate surface area is 160 Å². The van der Waals surface area contributed by atoms with E-state index in [1.54, 1.807) is 31.9 Å². The standard InChI is InChI=1S/C22H26N2O3/c1-14-10-11-19(27-5)17(12-14)23-20(25)22(3,4)21(26)24-15(2)13-16-8-6-7-9-18(16)24/h6-12,15H,13H2,1-5H3,(H,23,25). The second-order valence-electron chi connectivity index (χ2n) is 7.64. The van der Waals surface area contributed by atoms with E-state index in [0.717, 1.165) is 23.2 Å². The molecule has 1 unspecified atom stereocenters. The van der Waals surface area contributed by atoms with Crippen molar-refractivity contribution in [3.8, 4) is 5.75 Å². The number of hydrogen-bond acceptors (Lipinski definition) is 3. The van der Waals surface area contributed by atoms with E-state index in [4.69, 9.17) is 4.74 Å². The summed E-state index contributed by atoms with van der Waals surface area (Å²) in [7, 11) is 1.56. The number of ether oxygens (including phenoxy) is 1. The Bertz CT molecular complexity index is 889. The van der Waals surface area contributed by atoms with Gasteiger partial charge in [0.25, 0.3) is 0 Å². The molecule has 0 spiro atoms. The highest BCUT2D eigenvalue weighted by Gasteiger charge is 2.43. The molecule has 5 nitrogen and oxygen atoms in total. The Hall–Kier alpha value is -2.82. The van der Waals surface area contributed by atoms with Gasteiger partial charge in [0, 0.05) is 11.7 Å². The number of nitrogens with zero attached hydrogens (tertiary/aromatic N) is 1. The summed E-state index contributed by atoms with van der Waals surface area (Å²) in [5.74, 6) is 0.00846. The number of hydrogen-bond donors (Lipinski definition) is 1. The van der Waals surface area contributed by atoms with Crippen LogP contribution < -0.4 is 15.0 Å². The summed E-state index contributed by atoms with van der Waals surface area (Å²) in [6.07, 6.45) is 0.797. The molecule has 0 saturated carbocycles. The average Bonchev–Trinajstić information content (AvgIpc) is 2.96. The van der Waals surface area contributed by atoms with Crippen LogP contribution in [0.2, 0.25) is 0 Å². The zero-order chi connectivity index (χ0) is 19.8. The van der Waals surface area contributed by atoms with Crippen LogP contribution in [0.1, 0.15) is 31.9 Å². The van der Waals surface area contributed by atoms with Gasteiger partial charge in [-0.2, -0.15) is 0 Å². The minimum Gasteiger partial charge on any atom is -0.495 e. The molecular weight excluding hydrogens is 340 g/mol. The Balaban J connectivity index is 1.87. The molecule has 27 heavy (non-hydrogen) atoms. The lowest BCUT2D eigenvalue weighted by Gasteiger charge is -2.31.